The summed E-state index contributed by atoms with van der Waals surface area (Å²) in [5, 5.41) is 6.58. The molecule has 6 heteroatoms. The quantitative estimate of drug-likeness (QED) is 0.188. The fourth-order valence-corrected chi connectivity index (χ4v) is 2.11. The summed E-state index contributed by atoms with van der Waals surface area (Å²) in [5.41, 5.74) is 8.20. The van der Waals surface area contributed by atoms with Crippen molar-refractivity contribution in [2.24, 2.45) is 11.0 Å². The molecule has 0 heterocycles. The molecule has 0 saturated carbocycles. The molecular weight excluding hydrogens is 232 g/mol. The molecule has 6 nitrogen and oxygen atoms in total. The molecule has 0 saturated heterocycles. The lowest BCUT2D eigenvalue weighted by Gasteiger charge is -2.27. The molecule has 0 amide bonds. The first-order valence-electron chi connectivity index (χ1n) is 6.35. The van der Waals surface area contributed by atoms with E-state index >= 15 is 0 Å². The highest BCUT2D eigenvalue weighted by Crippen LogP contribution is 2.22. The van der Waals surface area contributed by atoms with Crippen LogP contribution in [0.25, 0.3) is 10.4 Å². The zero-order chi connectivity index (χ0) is 13.2. The second-order valence-electron chi connectivity index (χ2n) is 4.18. The van der Waals surface area contributed by atoms with Crippen LogP contribution in [0.5, 0.6) is 0 Å². The molecule has 0 radical (unpaired) electrons. The molecule has 0 aromatic rings. The van der Waals surface area contributed by atoms with Gasteiger partial charge in [0, 0.05) is 18.0 Å². The van der Waals surface area contributed by atoms with E-state index in [0.717, 1.165) is 19.3 Å². The first-order chi connectivity index (χ1) is 8.79. The van der Waals surface area contributed by atoms with Crippen molar-refractivity contribution in [3.8, 4) is 0 Å². The van der Waals surface area contributed by atoms with Crippen LogP contribution in [0.4, 0.5) is 0 Å². The third-order valence-corrected chi connectivity index (χ3v) is 2.96. The summed E-state index contributed by atoms with van der Waals surface area (Å²) in [5.74, 6) is 0.0545. The number of nitrogens with zero attached hydrogens (tertiary/aromatic N) is 3. The number of ether oxygens (including phenoxy) is 1. The molecule has 1 N–H and O–H groups in total. The maximum Gasteiger partial charge on any atom is 0.323 e. The zero-order valence-corrected chi connectivity index (χ0v) is 10.7. The number of allylic oxidation sites excluding steroid dienone is 2. The van der Waals surface area contributed by atoms with E-state index < -0.39 is 0 Å². The average Bonchev–Trinajstić information content (AvgIpc) is 2.40. The summed E-state index contributed by atoms with van der Waals surface area (Å²) in [6, 6.07) is -0.302. The zero-order valence-electron chi connectivity index (χ0n) is 10.7. The van der Waals surface area contributed by atoms with Gasteiger partial charge in [-0.2, -0.15) is 0 Å². The standard InChI is InChI=1S/C12H20N4O2/c1-2-18-12(17)11(14-8-9-15-16-13)10-6-4-3-5-7-10/h3-4,10-11,14H,2,5-9H2,1H3. The summed E-state index contributed by atoms with van der Waals surface area (Å²) in [6.45, 7) is 3.02. The number of carbonyl (C=O) groups excluding carboxylic acids is 1. The third kappa shape index (κ3) is 4.77. The SMILES string of the molecule is CCOC(=O)C(NCCN=[N+]=[N-])C1CC=CCC1. The lowest BCUT2D eigenvalue weighted by molar-refractivity contribution is -0.147. The first kappa shape index (κ1) is 14.5. The van der Waals surface area contributed by atoms with E-state index in [1.807, 2.05) is 0 Å². The molecular formula is C12H20N4O2. The Hall–Kier alpha value is -1.52. The van der Waals surface area contributed by atoms with Gasteiger partial charge in [0.05, 0.1) is 6.61 Å². The molecule has 1 aliphatic carbocycles. The van der Waals surface area contributed by atoms with E-state index in [0.29, 0.717) is 19.7 Å². The minimum Gasteiger partial charge on any atom is -0.465 e. The average molecular weight is 252 g/mol. The number of hydrogen-bond acceptors (Lipinski definition) is 4. The van der Waals surface area contributed by atoms with Gasteiger partial charge in [0.15, 0.2) is 0 Å². The second kappa shape index (κ2) is 8.55. The molecule has 0 fully saturated rings. The Morgan fingerprint density at radius 3 is 3.11 bits per heavy atom. The van der Waals surface area contributed by atoms with Gasteiger partial charge < -0.3 is 10.1 Å². The van der Waals surface area contributed by atoms with Crippen molar-refractivity contribution in [2.75, 3.05) is 19.7 Å². The maximum atomic E-state index is 11.9. The number of nitrogens with one attached hydrogen (secondary N) is 1. The van der Waals surface area contributed by atoms with E-state index in [1.165, 1.54) is 0 Å². The predicted molar refractivity (Wildman–Crippen MR) is 68.9 cm³/mol. The van der Waals surface area contributed by atoms with Gasteiger partial charge in [-0.3, -0.25) is 4.79 Å². The van der Waals surface area contributed by atoms with Gasteiger partial charge in [0.2, 0.25) is 0 Å². The number of azide groups is 1. The Kier molecular flexibility index (Phi) is 6.91. The fourth-order valence-electron chi connectivity index (χ4n) is 2.11. The van der Waals surface area contributed by atoms with Gasteiger partial charge in [0.25, 0.3) is 0 Å². The lowest BCUT2D eigenvalue weighted by atomic mass is 9.87. The molecule has 2 atom stereocenters. The topological polar surface area (TPSA) is 87.1 Å². The Labute approximate surface area is 107 Å². The smallest absolute Gasteiger partial charge is 0.323 e. The van der Waals surface area contributed by atoms with Gasteiger partial charge in [-0.05, 0) is 37.6 Å². The van der Waals surface area contributed by atoms with Crippen molar-refractivity contribution >= 4 is 5.97 Å². The van der Waals surface area contributed by atoms with E-state index in [2.05, 4.69) is 27.5 Å². The molecule has 1 aliphatic rings. The largest absolute Gasteiger partial charge is 0.465 e. The first-order valence-corrected chi connectivity index (χ1v) is 6.35. The molecule has 18 heavy (non-hydrogen) atoms. The van der Waals surface area contributed by atoms with Crippen LogP contribution in [0.3, 0.4) is 0 Å². The number of rotatable bonds is 7. The van der Waals surface area contributed by atoms with Crippen molar-refractivity contribution in [1.29, 1.82) is 0 Å². The van der Waals surface area contributed by atoms with Crippen molar-refractivity contribution < 1.29 is 9.53 Å². The van der Waals surface area contributed by atoms with Crippen LogP contribution >= 0.6 is 0 Å². The van der Waals surface area contributed by atoms with Crippen LogP contribution in [-0.4, -0.2) is 31.7 Å². The van der Waals surface area contributed by atoms with Crippen LogP contribution in [-0.2, 0) is 9.53 Å². The molecule has 100 valence electrons. The summed E-state index contributed by atoms with van der Waals surface area (Å²) < 4.78 is 5.09. The minimum atomic E-state index is -0.302. The number of carbonyl (C=O) groups is 1. The van der Waals surface area contributed by atoms with E-state index in [9.17, 15) is 4.79 Å². The molecule has 0 aromatic heterocycles. The highest BCUT2D eigenvalue weighted by atomic mass is 16.5. The van der Waals surface area contributed by atoms with Gasteiger partial charge in [0.1, 0.15) is 6.04 Å². The molecule has 1 rings (SSSR count). The van der Waals surface area contributed by atoms with Crippen LogP contribution < -0.4 is 5.32 Å². The van der Waals surface area contributed by atoms with Crippen molar-refractivity contribution in [3.05, 3.63) is 22.6 Å². The van der Waals surface area contributed by atoms with Crippen LogP contribution in [0.15, 0.2) is 17.3 Å². The van der Waals surface area contributed by atoms with Crippen molar-refractivity contribution in [1.82, 2.24) is 5.32 Å². The number of esters is 1. The second-order valence-corrected chi connectivity index (χ2v) is 4.18. The van der Waals surface area contributed by atoms with E-state index in [1.54, 1.807) is 6.92 Å². The van der Waals surface area contributed by atoms with Gasteiger partial charge in [-0.15, -0.1) is 0 Å². The Bertz CT molecular complexity index is 337. The van der Waals surface area contributed by atoms with Crippen molar-refractivity contribution in [3.63, 3.8) is 0 Å². The molecule has 0 bridgehead atoms. The monoisotopic (exact) mass is 252 g/mol. The Balaban J connectivity index is 2.53. The molecule has 0 aromatic carbocycles. The van der Waals surface area contributed by atoms with Gasteiger partial charge in [-0.25, -0.2) is 0 Å². The predicted octanol–water partition coefficient (Wildman–Crippen LogP) is 2.17. The Morgan fingerprint density at radius 2 is 2.50 bits per heavy atom. The van der Waals surface area contributed by atoms with Crippen LogP contribution in [0.2, 0.25) is 0 Å². The summed E-state index contributed by atoms with van der Waals surface area (Å²) in [6.07, 6.45) is 7.11. The van der Waals surface area contributed by atoms with Gasteiger partial charge in [-0.1, -0.05) is 17.3 Å². The summed E-state index contributed by atoms with van der Waals surface area (Å²) in [7, 11) is 0. The van der Waals surface area contributed by atoms with Crippen LogP contribution in [0, 0.1) is 5.92 Å². The minimum absolute atomic E-state index is 0.210. The molecule has 0 spiro atoms. The third-order valence-electron chi connectivity index (χ3n) is 2.96. The summed E-state index contributed by atoms with van der Waals surface area (Å²) >= 11 is 0. The number of hydrogen-bond donors (Lipinski definition) is 1. The summed E-state index contributed by atoms with van der Waals surface area (Å²) in [4.78, 5) is 14.6. The molecule has 0 aliphatic heterocycles. The van der Waals surface area contributed by atoms with E-state index in [4.69, 9.17) is 10.3 Å². The van der Waals surface area contributed by atoms with Gasteiger partial charge >= 0.3 is 5.97 Å². The van der Waals surface area contributed by atoms with Crippen molar-refractivity contribution in [2.45, 2.75) is 32.2 Å². The van der Waals surface area contributed by atoms with E-state index in [-0.39, 0.29) is 17.9 Å². The normalized spacial score (nSPS) is 19.9. The highest BCUT2D eigenvalue weighted by molar-refractivity contribution is 5.76. The Morgan fingerprint density at radius 1 is 1.67 bits per heavy atom. The van der Waals surface area contributed by atoms with Crippen LogP contribution in [0.1, 0.15) is 26.2 Å². The molecule has 2 unspecified atom stereocenters. The fraction of sp³-hybridized carbons (Fsp3) is 0.750. The maximum absolute atomic E-state index is 11.9. The highest BCUT2D eigenvalue weighted by Gasteiger charge is 2.28. The lowest BCUT2D eigenvalue weighted by Crippen LogP contribution is -2.45.